The van der Waals surface area contributed by atoms with Crippen molar-refractivity contribution in [2.45, 2.75) is 70.8 Å². The van der Waals surface area contributed by atoms with Gasteiger partial charge in [0.2, 0.25) is 0 Å². The summed E-state index contributed by atoms with van der Waals surface area (Å²) in [6, 6.07) is 0. The molecule has 1 rings (SSSR count). The van der Waals surface area contributed by atoms with E-state index in [-0.39, 0.29) is 5.54 Å². The first-order chi connectivity index (χ1) is 7.70. The van der Waals surface area contributed by atoms with Gasteiger partial charge in [0.25, 0.3) is 0 Å². The zero-order chi connectivity index (χ0) is 11.9. The number of hydrogen-bond acceptors (Lipinski definition) is 2. The Bertz CT molecular complexity index is 178. The summed E-state index contributed by atoms with van der Waals surface area (Å²) in [6.07, 6.45) is 10.8. The van der Waals surface area contributed by atoms with Gasteiger partial charge in [0, 0.05) is 12.1 Å². The van der Waals surface area contributed by atoms with E-state index in [1.54, 1.807) is 0 Å². The minimum absolute atomic E-state index is 0.183. The molecule has 0 bridgehead atoms. The number of rotatable bonds is 10. The van der Waals surface area contributed by atoms with E-state index in [1.807, 2.05) is 0 Å². The third-order valence-corrected chi connectivity index (χ3v) is 3.83. The first kappa shape index (κ1) is 14.0. The van der Waals surface area contributed by atoms with Gasteiger partial charge in [-0.2, -0.15) is 0 Å². The highest BCUT2D eigenvalue weighted by molar-refractivity contribution is 4.85. The lowest BCUT2D eigenvalue weighted by atomic mass is 9.94. The molecule has 1 unspecified atom stereocenters. The van der Waals surface area contributed by atoms with E-state index >= 15 is 0 Å². The largest absolute Gasteiger partial charge is 0.329 e. The third kappa shape index (κ3) is 5.86. The van der Waals surface area contributed by atoms with E-state index in [9.17, 15) is 0 Å². The number of unbranched alkanes of at least 4 members (excludes halogenated alkanes) is 3. The van der Waals surface area contributed by atoms with Crippen LogP contribution in [0.1, 0.15) is 65.2 Å². The minimum Gasteiger partial charge on any atom is -0.329 e. The van der Waals surface area contributed by atoms with Crippen LogP contribution in [0.25, 0.3) is 0 Å². The monoisotopic (exact) mass is 226 g/mol. The molecule has 3 N–H and O–H groups in total. The highest BCUT2D eigenvalue weighted by Gasteiger charge is 2.24. The molecule has 1 fully saturated rings. The predicted octanol–water partition coefficient (Wildman–Crippen LogP) is 3.06. The van der Waals surface area contributed by atoms with Crippen LogP contribution in [0, 0.1) is 5.92 Å². The maximum absolute atomic E-state index is 5.89. The van der Waals surface area contributed by atoms with E-state index in [4.69, 9.17) is 5.73 Å². The Hall–Kier alpha value is -0.0800. The molecule has 16 heavy (non-hydrogen) atoms. The van der Waals surface area contributed by atoms with Crippen molar-refractivity contribution in [3.05, 3.63) is 0 Å². The van der Waals surface area contributed by atoms with E-state index in [0.717, 1.165) is 19.0 Å². The van der Waals surface area contributed by atoms with Crippen molar-refractivity contribution in [1.82, 2.24) is 5.32 Å². The molecule has 0 aromatic carbocycles. The second-order valence-electron chi connectivity index (χ2n) is 5.73. The lowest BCUT2D eigenvalue weighted by molar-refractivity contribution is 0.322. The summed E-state index contributed by atoms with van der Waals surface area (Å²) in [5.74, 6) is 1.02. The molecule has 1 saturated carbocycles. The number of nitrogens with two attached hydrogens (primary N) is 1. The van der Waals surface area contributed by atoms with Crippen LogP contribution in [-0.2, 0) is 0 Å². The van der Waals surface area contributed by atoms with Gasteiger partial charge < -0.3 is 11.1 Å². The standard InChI is InChI=1S/C14H30N2/c1-3-4-5-6-10-14(2,12-15)16-11-9-13-7-8-13/h13,16H,3-12,15H2,1-2H3. The van der Waals surface area contributed by atoms with Crippen molar-refractivity contribution in [1.29, 1.82) is 0 Å². The minimum atomic E-state index is 0.183. The molecule has 0 aromatic rings. The molecule has 1 atom stereocenters. The van der Waals surface area contributed by atoms with E-state index < -0.39 is 0 Å². The summed E-state index contributed by atoms with van der Waals surface area (Å²) in [6.45, 7) is 6.47. The summed E-state index contributed by atoms with van der Waals surface area (Å²) in [5, 5.41) is 3.67. The van der Waals surface area contributed by atoms with Crippen LogP contribution < -0.4 is 11.1 Å². The average molecular weight is 226 g/mol. The van der Waals surface area contributed by atoms with Crippen LogP contribution in [0.4, 0.5) is 0 Å². The van der Waals surface area contributed by atoms with Crippen molar-refractivity contribution in [2.24, 2.45) is 11.7 Å². The Labute approximate surface area is 101 Å². The van der Waals surface area contributed by atoms with Crippen LogP contribution in [0.5, 0.6) is 0 Å². The Morgan fingerprint density at radius 3 is 2.56 bits per heavy atom. The molecule has 0 heterocycles. The normalized spacial score (nSPS) is 19.7. The maximum atomic E-state index is 5.89. The van der Waals surface area contributed by atoms with E-state index in [1.165, 1.54) is 51.4 Å². The average Bonchev–Trinajstić information content (AvgIpc) is 3.09. The fourth-order valence-corrected chi connectivity index (χ4v) is 2.19. The summed E-state index contributed by atoms with van der Waals surface area (Å²) in [7, 11) is 0. The molecule has 0 saturated heterocycles. The first-order valence-corrected chi connectivity index (χ1v) is 7.15. The zero-order valence-corrected chi connectivity index (χ0v) is 11.2. The molecule has 0 radical (unpaired) electrons. The molecule has 1 aliphatic carbocycles. The van der Waals surface area contributed by atoms with Crippen molar-refractivity contribution in [3.63, 3.8) is 0 Å². The van der Waals surface area contributed by atoms with Crippen molar-refractivity contribution >= 4 is 0 Å². The van der Waals surface area contributed by atoms with Gasteiger partial charge >= 0.3 is 0 Å². The Balaban J connectivity index is 2.08. The molecule has 0 aromatic heterocycles. The van der Waals surface area contributed by atoms with Crippen molar-refractivity contribution in [2.75, 3.05) is 13.1 Å². The van der Waals surface area contributed by atoms with Gasteiger partial charge in [0.15, 0.2) is 0 Å². The molecule has 96 valence electrons. The smallest absolute Gasteiger partial charge is 0.0275 e. The van der Waals surface area contributed by atoms with E-state index in [2.05, 4.69) is 19.2 Å². The Morgan fingerprint density at radius 2 is 2.00 bits per heavy atom. The molecular formula is C14H30N2. The summed E-state index contributed by atoms with van der Waals surface area (Å²) in [4.78, 5) is 0. The number of nitrogens with one attached hydrogen (secondary N) is 1. The van der Waals surface area contributed by atoms with Gasteiger partial charge in [-0.3, -0.25) is 0 Å². The molecule has 1 aliphatic rings. The van der Waals surface area contributed by atoms with Crippen LogP contribution >= 0.6 is 0 Å². The molecule has 0 spiro atoms. The second kappa shape index (κ2) is 7.29. The molecule has 0 amide bonds. The van der Waals surface area contributed by atoms with Crippen LogP contribution in [0.2, 0.25) is 0 Å². The Morgan fingerprint density at radius 1 is 1.25 bits per heavy atom. The maximum Gasteiger partial charge on any atom is 0.0275 e. The van der Waals surface area contributed by atoms with Gasteiger partial charge in [-0.1, -0.05) is 45.4 Å². The van der Waals surface area contributed by atoms with Crippen LogP contribution in [0.15, 0.2) is 0 Å². The van der Waals surface area contributed by atoms with Crippen LogP contribution in [0.3, 0.4) is 0 Å². The lowest BCUT2D eigenvalue weighted by Crippen LogP contribution is -2.49. The summed E-state index contributed by atoms with van der Waals surface area (Å²) < 4.78 is 0. The molecule has 0 aliphatic heterocycles. The highest BCUT2D eigenvalue weighted by Crippen LogP contribution is 2.32. The topological polar surface area (TPSA) is 38.0 Å². The zero-order valence-electron chi connectivity index (χ0n) is 11.2. The van der Waals surface area contributed by atoms with Crippen molar-refractivity contribution < 1.29 is 0 Å². The first-order valence-electron chi connectivity index (χ1n) is 7.15. The lowest BCUT2D eigenvalue weighted by Gasteiger charge is -2.29. The van der Waals surface area contributed by atoms with Crippen molar-refractivity contribution in [3.8, 4) is 0 Å². The van der Waals surface area contributed by atoms with E-state index in [0.29, 0.717) is 0 Å². The second-order valence-corrected chi connectivity index (χ2v) is 5.73. The Kier molecular flexibility index (Phi) is 6.37. The molecule has 2 nitrogen and oxygen atoms in total. The van der Waals surface area contributed by atoms with Gasteiger partial charge in [-0.15, -0.1) is 0 Å². The van der Waals surface area contributed by atoms with Gasteiger partial charge in [0.1, 0.15) is 0 Å². The molecular weight excluding hydrogens is 196 g/mol. The van der Waals surface area contributed by atoms with Gasteiger partial charge in [-0.25, -0.2) is 0 Å². The molecule has 2 heteroatoms. The summed E-state index contributed by atoms with van der Waals surface area (Å²) >= 11 is 0. The predicted molar refractivity (Wildman–Crippen MR) is 71.6 cm³/mol. The quantitative estimate of drug-likeness (QED) is 0.562. The SMILES string of the molecule is CCCCCCC(C)(CN)NCCC1CC1. The third-order valence-electron chi connectivity index (χ3n) is 3.83. The fourth-order valence-electron chi connectivity index (χ4n) is 2.19. The highest BCUT2D eigenvalue weighted by atomic mass is 15.0. The summed E-state index contributed by atoms with van der Waals surface area (Å²) in [5.41, 5.74) is 6.07. The van der Waals surface area contributed by atoms with Gasteiger partial charge in [-0.05, 0) is 32.2 Å². The van der Waals surface area contributed by atoms with Gasteiger partial charge in [0.05, 0.1) is 0 Å². The fraction of sp³-hybridized carbons (Fsp3) is 1.00. The number of hydrogen-bond donors (Lipinski definition) is 2. The van der Waals surface area contributed by atoms with Crippen LogP contribution in [-0.4, -0.2) is 18.6 Å².